The van der Waals surface area contributed by atoms with Gasteiger partial charge in [-0.25, -0.2) is 4.39 Å². The zero-order chi connectivity index (χ0) is 26.9. The fourth-order valence-corrected chi connectivity index (χ4v) is 4.46. The standard InChI is InChI=1S/C31H39FN4O2/c1-23(2)22-38-30-16-25(15-28(32)17-30)19-34-31(37)18-29-10-9-27(20-33-29)26-6-4-5-24(7-8-26)21-36-13-11-35(3)12-14-36/h5-10,15-17,20,23H,4,11-14,18-19,21-22H2,1-3H3,(H,34,37). The molecule has 0 spiro atoms. The molecule has 38 heavy (non-hydrogen) atoms. The molecule has 0 radical (unpaired) electrons. The molecule has 1 aliphatic carbocycles. The van der Waals surface area contributed by atoms with Crippen LogP contribution in [0.1, 0.15) is 37.1 Å². The van der Waals surface area contributed by atoms with Crippen LogP contribution in [0, 0.1) is 11.7 Å². The van der Waals surface area contributed by atoms with Gasteiger partial charge in [0.2, 0.25) is 5.91 Å². The van der Waals surface area contributed by atoms with Gasteiger partial charge in [-0.3, -0.25) is 14.7 Å². The molecule has 1 fully saturated rings. The van der Waals surface area contributed by atoms with E-state index in [4.69, 9.17) is 4.74 Å². The van der Waals surface area contributed by atoms with Crippen molar-refractivity contribution < 1.29 is 13.9 Å². The highest BCUT2D eigenvalue weighted by Crippen LogP contribution is 2.21. The molecule has 0 unspecified atom stereocenters. The Morgan fingerprint density at radius 3 is 2.66 bits per heavy atom. The Labute approximate surface area is 225 Å². The monoisotopic (exact) mass is 518 g/mol. The van der Waals surface area contributed by atoms with E-state index in [2.05, 4.69) is 51.5 Å². The van der Waals surface area contributed by atoms with Crippen molar-refractivity contribution in [3.63, 3.8) is 0 Å². The first-order valence-corrected chi connectivity index (χ1v) is 13.5. The van der Waals surface area contributed by atoms with Gasteiger partial charge in [0.05, 0.1) is 13.0 Å². The summed E-state index contributed by atoms with van der Waals surface area (Å²) in [5, 5.41) is 2.86. The maximum atomic E-state index is 14.0. The van der Waals surface area contributed by atoms with Crippen molar-refractivity contribution in [2.75, 3.05) is 46.4 Å². The van der Waals surface area contributed by atoms with Crippen molar-refractivity contribution in [1.29, 1.82) is 0 Å². The van der Waals surface area contributed by atoms with Crippen LogP contribution >= 0.6 is 0 Å². The Bertz CT molecular complexity index is 1180. The maximum Gasteiger partial charge on any atom is 0.226 e. The van der Waals surface area contributed by atoms with E-state index in [-0.39, 0.29) is 24.7 Å². The van der Waals surface area contributed by atoms with Crippen molar-refractivity contribution in [2.24, 2.45) is 5.92 Å². The number of amides is 1. The van der Waals surface area contributed by atoms with Crippen molar-refractivity contribution in [3.05, 3.63) is 89.0 Å². The Hall–Kier alpha value is -3.29. The normalized spacial score (nSPS) is 16.7. The predicted molar refractivity (Wildman–Crippen MR) is 150 cm³/mol. The third kappa shape index (κ3) is 8.64. The van der Waals surface area contributed by atoms with Gasteiger partial charge in [-0.1, -0.05) is 44.2 Å². The molecule has 202 valence electrons. The average Bonchev–Trinajstić information content (AvgIpc) is 3.13. The van der Waals surface area contributed by atoms with Crippen LogP contribution in [0.2, 0.25) is 0 Å². The summed E-state index contributed by atoms with van der Waals surface area (Å²) in [5.74, 6) is 0.280. The molecular formula is C31H39FN4O2. The fourth-order valence-electron chi connectivity index (χ4n) is 4.46. The van der Waals surface area contributed by atoms with Crippen molar-refractivity contribution in [3.8, 4) is 5.75 Å². The number of likely N-dealkylation sites (N-methyl/N-ethyl adjacent to an activating group) is 1. The second-order valence-corrected chi connectivity index (χ2v) is 10.6. The summed E-state index contributed by atoms with van der Waals surface area (Å²) in [6.07, 6.45) is 11.8. The first kappa shape index (κ1) is 27.7. The number of carbonyl (C=O) groups excluding carboxylic acids is 1. The van der Waals surface area contributed by atoms with E-state index in [0.717, 1.165) is 50.3 Å². The van der Waals surface area contributed by atoms with Crippen LogP contribution < -0.4 is 10.1 Å². The number of ether oxygens (including phenoxy) is 1. The molecule has 0 atom stereocenters. The molecule has 1 aromatic heterocycles. The largest absolute Gasteiger partial charge is 0.493 e. The van der Waals surface area contributed by atoms with Crippen LogP contribution in [0.5, 0.6) is 5.75 Å². The van der Waals surface area contributed by atoms with E-state index in [0.29, 0.717) is 29.5 Å². The van der Waals surface area contributed by atoms with Gasteiger partial charge in [-0.15, -0.1) is 0 Å². The molecule has 0 bridgehead atoms. The van der Waals surface area contributed by atoms with E-state index < -0.39 is 0 Å². The van der Waals surface area contributed by atoms with Crippen molar-refractivity contribution >= 4 is 11.5 Å². The van der Waals surface area contributed by atoms with Crippen LogP contribution in [-0.2, 0) is 17.8 Å². The summed E-state index contributed by atoms with van der Waals surface area (Å²) in [5.41, 5.74) is 4.87. The minimum Gasteiger partial charge on any atom is -0.493 e. The summed E-state index contributed by atoms with van der Waals surface area (Å²) < 4.78 is 19.6. The van der Waals surface area contributed by atoms with E-state index >= 15 is 0 Å². The third-order valence-electron chi connectivity index (χ3n) is 6.70. The van der Waals surface area contributed by atoms with Gasteiger partial charge in [-0.2, -0.15) is 0 Å². The number of hydrogen-bond donors (Lipinski definition) is 1. The topological polar surface area (TPSA) is 57.7 Å². The van der Waals surface area contributed by atoms with Gasteiger partial charge < -0.3 is 15.0 Å². The smallest absolute Gasteiger partial charge is 0.226 e. The van der Waals surface area contributed by atoms with Gasteiger partial charge in [-0.05, 0) is 59.9 Å². The minimum absolute atomic E-state index is 0.162. The van der Waals surface area contributed by atoms with Crippen molar-refractivity contribution in [2.45, 2.75) is 33.2 Å². The second-order valence-electron chi connectivity index (χ2n) is 10.6. The SMILES string of the molecule is CC(C)COc1cc(F)cc(CNC(=O)Cc2ccc(C3=CCC=C(CN4CCN(C)CC4)C=C3)cn2)c1. The molecular weight excluding hydrogens is 479 g/mol. The number of halogens is 1. The molecule has 1 aromatic carbocycles. The molecule has 6 nitrogen and oxygen atoms in total. The second kappa shape index (κ2) is 13.5. The van der Waals surface area contributed by atoms with E-state index in [1.54, 1.807) is 6.07 Å². The number of nitrogens with one attached hydrogen (secondary N) is 1. The molecule has 2 aliphatic rings. The fraction of sp³-hybridized carbons (Fsp3) is 0.419. The van der Waals surface area contributed by atoms with E-state index in [9.17, 15) is 9.18 Å². The highest BCUT2D eigenvalue weighted by molar-refractivity contribution is 5.78. The zero-order valence-electron chi connectivity index (χ0n) is 22.8. The highest BCUT2D eigenvalue weighted by Gasteiger charge is 2.15. The van der Waals surface area contributed by atoms with Crippen LogP contribution in [0.15, 0.2) is 66.4 Å². The average molecular weight is 519 g/mol. The minimum atomic E-state index is -0.378. The Morgan fingerprint density at radius 2 is 1.92 bits per heavy atom. The van der Waals surface area contributed by atoms with Crippen LogP contribution in [0.3, 0.4) is 0 Å². The summed E-state index contributed by atoms with van der Waals surface area (Å²) in [6, 6.07) is 8.45. The van der Waals surface area contributed by atoms with Gasteiger partial charge >= 0.3 is 0 Å². The van der Waals surface area contributed by atoms with Crippen LogP contribution in [0.4, 0.5) is 4.39 Å². The lowest BCUT2D eigenvalue weighted by molar-refractivity contribution is -0.120. The molecule has 1 amide bonds. The lowest BCUT2D eigenvalue weighted by Crippen LogP contribution is -2.44. The summed E-state index contributed by atoms with van der Waals surface area (Å²) in [4.78, 5) is 21.9. The number of allylic oxidation sites excluding steroid dienone is 4. The third-order valence-corrected chi connectivity index (χ3v) is 6.70. The Morgan fingerprint density at radius 1 is 1.11 bits per heavy atom. The first-order chi connectivity index (χ1) is 18.3. The zero-order valence-corrected chi connectivity index (χ0v) is 22.8. The summed E-state index contributed by atoms with van der Waals surface area (Å²) in [7, 11) is 2.18. The van der Waals surface area contributed by atoms with E-state index in [1.807, 2.05) is 32.2 Å². The van der Waals surface area contributed by atoms with E-state index in [1.165, 1.54) is 17.7 Å². The number of hydrogen-bond acceptors (Lipinski definition) is 5. The molecule has 1 aliphatic heterocycles. The lowest BCUT2D eigenvalue weighted by atomic mass is 10.1. The molecule has 1 saturated heterocycles. The molecule has 4 rings (SSSR count). The summed E-state index contributed by atoms with van der Waals surface area (Å²) in [6.45, 7) is 10.3. The van der Waals surface area contributed by atoms with Crippen LogP contribution in [-0.4, -0.2) is 67.1 Å². The van der Waals surface area contributed by atoms with Crippen LogP contribution in [0.25, 0.3) is 5.57 Å². The number of pyridine rings is 1. The highest BCUT2D eigenvalue weighted by atomic mass is 19.1. The Balaban J connectivity index is 1.26. The molecule has 0 saturated carbocycles. The van der Waals surface area contributed by atoms with Gasteiger partial charge in [0.1, 0.15) is 11.6 Å². The lowest BCUT2D eigenvalue weighted by Gasteiger charge is -2.32. The number of aromatic nitrogens is 1. The molecule has 2 aromatic rings. The number of nitrogens with zero attached hydrogens (tertiary/aromatic N) is 3. The van der Waals surface area contributed by atoms with Gasteiger partial charge in [0.15, 0.2) is 0 Å². The molecule has 2 heterocycles. The van der Waals surface area contributed by atoms with Gasteiger partial charge in [0, 0.05) is 57.2 Å². The summed E-state index contributed by atoms with van der Waals surface area (Å²) >= 11 is 0. The van der Waals surface area contributed by atoms with Crippen molar-refractivity contribution in [1.82, 2.24) is 20.1 Å². The number of rotatable bonds is 10. The quantitative estimate of drug-likeness (QED) is 0.497. The number of benzene rings is 1. The number of carbonyl (C=O) groups is 1. The number of piperazine rings is 1. The first-order valence-electron chi connectivity index (χ1n) is 13.5. The maximum absolute atomic E-state index is 14.0. The molecule has 1 N–H and O–H groups in total. The predicted octanol–water partition coefficient (Wildman–Crippen LogP) is 4.63. The Kier molecular flexibility index (Phi) is 9.85. The molecule has 7 heteroatoms. The van der Waals surface area contributed by atoms with Gasteiger partial charge in [0.25, 0.3) is 0 Å².